The van der Waals surface area contributed by atoms with Gasteiger partial charge in [-0.05, 0) is 25.3 Å². The summed E-state index contributed by atoms with van der Waals surface area (Å²) in [6.45, 7) is 3.24. The van der Waals surface area contributed by atoms with E-state index in [0.29, 0.717) is 0 Å². The van der Waals surface area contributed by atoms with Gasteiger partial charge >= 0.3 is 0 Å². The van der Waals surface area contributed by atoms with Gasteiger partial charge in [0.05, 0.1) is 11.2 Å². The Kier molecular flexibility index (Phi) is 3.72. The maximum Gasteiger partial charge on any atom is 0.112 e. The first kappa shape index (κ1) is 11.0. The molecule has 4 heteroatoms. The van der Waals surface area contributed by atoms with Crippen molar-refractivity contribution in [2.75, 3.05) is 6.54 Å². The molecular formula is C11H18N2OS. The predicted octanol–water partition coefficient (Wildman–Crippen LogP) is 1.95. The Morgan fingerprint density at radius 1 is 1.73 bits per heavy atom. The van der Waals surface area contributed by atoms with Crippen LogP contribution in [0.4, 0.5) is 0 Å². The van der Waals surface area contributed by atoms with Gasteiger partial charge in [0.1, 0.15) is 6.10 Å². The van der Waals surface area contributed by atoms with Crippen LogP contribution in [0.5, 0.6) is 0 Å². The van der Waals surface area contributed by atoms with Crippen LogP contribution in [0, 0.1) is 5.92 Å². The summed E-state index contributed by atoms with van der Waals surface area (Å²) in [5, 5.41) is 15.4. The van der Waals surface area contributed by atoms with Crippen LogP contribution in [0.1, 0.15) is 38.0 Å². The first-order valence-electron chi connectivity index (χ1n) is 5.60. The molecule has 0 aromatic carbocycles. The van der Waals surface area contributed by atoms with Crippen molar-refractivity contribution in [3.63, 3.8) is 0 Å². The Balaban J connectivity index is 1.98. The molecule has 1 saturated heterocycles. The van der Waals surface area contributed by atoms with Crippen LogP contribution < -0.4 is 5.32 Å². The summed E-state index contributed by atoms with van der Waals surface area (Å²) in [5.41, 5.74) is 2.59. The highest BCUT2D eigenvalue weighted by molar-refractivity contribution is 7.07. The van der Waals surface area contributed by atoms with Crippen LogP contribution in [0.2, 0.25) is 0 Å². The Bertz CT molecular complexity index is 289. The first-order valence-corrected chi connectivity index (χ1v) is 6.55. The molecular weight excluding hydrogens is 208 g/mol. The minimum atomic E-state index is -0.439. The summed E-state index contributed by atoms with van der Waals surface area (Å²) in [7, 11) is 0. The van der Waals surface area contributed by atoms with Crippen molar-refractivity contribution in [3.05, 3.63) is 16.6 Å². The minimum absolute atomic E-state index is 0.186. The summed E-state index contributed by atoms with van der Waals surface area (Å²) in [5.74, 6) is 0.754. The van der Waals surface area contributed by atoms with E-state index in [2.05, 4.69) is 17.2 Å². The number of nitrogens with one attached hydrogen (secondary N) is 1. The second-order valence-electron chi connectivity index (χ2n) is 4.22. The highest BCUT2D eigenvalue weighted by Gasteiger charge is 2.27. The number of piperidine rings is 1. The van der Waals surface area contributed by atoms with Crippen molar-refractivity contribution in [1.29, 1.82) is 0 Å². The van der Waals surface area contributed by atoms with Crippen molar-refractivity contribution in [2.24, 2.45) is 5.92 Å². The van der Waals surface area contributed by atoms with E-state index in [9.17, 15) is 5.11 Å². The number of aliphatic hydroxyl groups excluding tert-OH is 1. The second-order valence-corrected chi connectivity index (χ2v) is 4.94. The monoisotopic (exact) mass is 226 g/mol. The van der Waals surface area contributed by atoms with Crippen molar-refractivity contribution >= 4 is 11.3 Å². The minimum Gasteiger partial charge on any atom is -0.385 e. The van der Waals surface area contributed by atoms with Crippen LogP contribution in [-0.4, -0.2) is 22.7 Å². The van der Waals surface area contributed by atoms with E-state index in [1.54, 1.807) is 5.51 Å². The zero-order valence-electron chi connectivity index (χ0n) is 9.02. The molecule has 2 heterocycles. The van der Waals surface area contributed by atoms with Gasteiger partial charge in [-0.15, -0.1) is 11.3 Å². The molecule has 1 aromatic heterocycles. The van der Waals surface area contributed by atoms with Crippen molar-refractivity contribution < 1.29 is 5.11 Å². The number of nitrogens with zero attached hydrogens (tertiary/aromatic N) is 1. The number of hydrogen-bond acceptors (Lipinski definition) is 4. The third-order valence-corrected chi connectivity index (χ3v) is 3.86. The van der Waals surface area contributed by atoms with Gasteiger partial charge in [0, 0.05) is 11.4 Å². The molecule has 1 fully saturated rings. The third kappa shape index (κ3) is 2.56. The quantitative estimate of drug-likeness (QED) is 0.828. The van der Waals surface area contributed by atoms with E-state index in [4.69, 9.17) is 0 Å². The molecule has 0 bridgehead atoms. The van der Waals surface area contributed by atoms with Gasteiger partial charge < -0.3 is 10.4 Å². The van der Waals surface area contributed by atoms with E-state index < -0.39 is 6.10 Å². The highest BCUT2D eigenvalue weighted by atomic mass is 32.1. The molecule has 0 spiro atoms. The fourth-order valence-corrected chi connectivity index (χ4v) is 2.80. The maximum absolute atomic E-state index is 10.1. The fourth-order valence-electron chi connectivity index (χ4n) is 2.22. The smallest absolute Gasteiger partial charge is 0.112 e. The Morgan fingerprint density at radius 3 is 3.27 bits per heavy atom. The number of rotatable bonds is 3. The number of hydrogen-bond donors (Lipinski definition) is 2. The Morgan fingerprint density at radius 2 is 2.60 bits per heavy atom. The lowest BCUT2D eigenvalue weighted by Gasteiger charge is -2.32. The molecule has 1 aliphatic heterocycles. The normalized spacial score (nSPS) is 28.9. The molecule has 3 unspecified atom stereocenters. The van der Waals surface area contributed by atoms with E-state index in [1.807, 2.05) is 5.38 Å². The van der Waals surface area contributed by atoms with Crippen molar-refractivity contribution in [1.82, 2.24) is 10.3 Å². The standard InChI is InChI=1S/C11H18N2OS/c1-2-8-3-4-12-9(5-8)11(14)10-6-15-7-13-10/h6-9,11-12,14H,2-5H2,1H3. The van der Waals surface area contributed by atoms with E-state index >= 15 is 0 Å². The van der Waals surface area contributed by atoms with Crippen LogP contribution in [0.25, 0.3) is 0 Å². The van der Waals surface area contributed by atoms with E-state index in [0.717, 1.165) is 24.6 Å². The number of aliphatic hydroxyl groups is 1. The average Bonchev–Trinajstić information content (AvgIpc) is 2.81. The second kappa shape index (κ2) is 5.05. The molecule has 3 atom stereocenters. The maximum atomic E-state index is 10.1. The largest absolute Gasteiger partial charge is 0.385 e. The molecule has 84 valence electrons. The summed E-state index contributed by atoms with van der Waals surface area (Å²) in [6.07, 6.45) is 3.07. The molecule has 1 aliphatic rings. The van der Waals surface area contributed by atoms with E-state index in [1.165, 1.54) is 24.2 Å². The van der Waals surface area contributed by atoms with E-state index in [-0.39, 0.29) is 6.04 Å². The van der Waals surface area contributed by atoms with Crippen LogP contribution in [0.3, 0.4) is 0 Å². The zero-order chi connectivity index (χ0) is 10.7. The lowest BCUT2D eigenvalue weighted by molar-refractivity contribution is 0.0949. The molecule has 0 amide bonds. The van der Waals surface area contributed by atoms with Gasteiger partial charge in [-0.1, -0.05) is 13.3 Å². The summed E-state index contributed by atoms with van der Waals surface area (Å²) in [6, 6.07) is 0.186. The van der Waals surface area contributed by atoms with Crippen LogP contribution >= 0.6 is 11.3 Å². The number of thiazole rings is 1. The summed E-state index contributed by atoms with van der Waals surface area (Å²) >= 11 is 1.54. The molecule has 2 rings (SSSR count). The predicted molar refractivity (Wildman–Crippen MR) is 61.9 cm³/mol. The molecule has 2 N–H and O–H groups in total. The van der Waals surface area contributed by atoms with Crippen molar-refractivity contribution in [2.45, 2.75) is 38.3 Å². The SMILES string of the molecule is CCC1CCNC(C(O)c2cscn2)C1. The van der Waals surface area contributed by atoms with Crippen LogP contribution in [0.15, 0.2) is 10.9 Å². The van der Waals surface area contributed by atoms with Gasteiger partial charge in [-0.25, -0.2) is 4.98 Å². The summed E-state index contributed by atoms with van der Waals surface area (Å²) < 4.78 is 0. The topological polar surface area (TPSA) is 45.1 Å². The Hall–Kier alpha value is -0.450. The molecule has 0 aliphatic carbocycles. The van der Waals surface area contributed by atoms with Gasteiger partial charge in [0.2, 0.25) is 0 Å². The molecule has 0 saturated carbocycles. The van der Waals surface area contributed by atoms with Gasteiger partial charge in [-0.2, -0.15) is 0 Å². The fraction of sp³-hybridized carbons (Fsp3) is 0.727. The van der Waals surface area contributed by atoms with Gasteiger partial charge in [0.15, 0.2) is 0 Å². The Labute approximate surface area is 94.5 Å². The van der Waals surface area contributed by atoms with Gasteiger partial charge in [0.25, 0.3) is 0 Å². The zero-order valence-corrected chi connectivity index (χ0v) is 9.83. The molecule has 15 heavy (non-hydrogen) atoms. The van der Waals surface area contributed by atoms with Crippen LogP contribution in [-0.2, 0) is 0 Å². The lowest BCUT2D eigenvalue weighted by atomic mass is 9.87. The highest BCUT2D eigenvalue weighted by Crippen LogP contribution is 2.27. The third-order valence-electron chi connectivity index (χ3n) is 3.26. The molecule has 1 aromatic rings. The first-order chi connectivity index (χ1) is 7.31. The van der Waals surface area contributed by atoms with Gasteiger partial charge in [-0.3, -0.25) is 0 Å². The average molecular weight is 226 g/mol. The lowest BCUT2D eigenvalue weighted by Crippen LogP contribution is -2.42. The summed E-state index contributed by atoms with van der Waals surface area (Å²) in [4.78, 5) is 4.17. The number of aromatic nitrogens is 1. The molecule has 3 nitrogen and oxygen atoms in total. The molecule has 0 radical (unpaired) electrons. The van der Waals surface area contributed by atoms with Crippen molar-refractivity contribution in [3.8, 4) is 0 Å².